The van der Waals surface area contributed by atoms with Crippen LogP contribution in [0.5, 0.6) is 0 Å². The normalized spacial score (nSPS) is 27.6. The van der Waals surface area contributed by atoms with E-state index < -0.39 is 11.7 Å². The molecule has 0 saturated heterocycles. The molecule has 182 valence electrons. The third-order valence-electron chi connectivity index (χ3n) is 6.77. The number of hydrogen-bond donors (Lipinski definition) is 3. The number of rotatable bonds is 7. The Hall–Kier alpha value is -2.52. The van der Waals surface area contributed by atoms with E-state index in [0.29, 0.717) is 23.2 Å². The molecule has 2 saturated carbocycles. The van der Waals surface area contributed by atoms with Gasteiger partial charge in [-0.2, -0.15) is 13.2 Å². The molecule has 2 aromatic rings. The average molecular weight is 510 g/mol. The molecule has 5 unspecified atom stereocenters. The van der Waals surface area contributed by atoms with Crippen LogP contribution in [-0.2, 0) is 6.18 Å². The molecular formula is C24H27ClF3N5S. The molecule has 34 heavy (non-hydrogen) atoms. The minimum Gasteiger partial charge on any atom is -0.405 e. The molecule has 0 radical (unpaired) electrons. The van der Waals surface area contributed by atoms with Gasteiger partial charge in [-0.1, -0.05) is 24.9 Å². The molecule has 2 aliphatic rings. The van der Waals surface area contributed by atoms with Crippen molar-refractivity contribution in [2.24, 2.45) is 40.1 Å². The SMILES string of the molecule is CCC1C(C(C=CN)=Nc2cc(Cl)ccc2C(F)(F)F)CC2CC2C1N/C=C(\N)c1cscn1. The Kier molecular flexibility index (Phi) is 7.23. The molecule has 4 rings (SSSR count). The molecule has 2 fully saturated rings. The number of nitrogens with two attached hydrogens (primary N) is 2. The van der Waals surface area contributed by atoms with Crippen LogP contribution in [0.2, 0.25) is 5.02 Å². The first-order valence-electron chi connectivity index (χ1n) is 11.2. The minimum absolute atomic E-state index is 0.0555. The molecule has 0 spiro atoms. The van der Waals surface area contributed by atoms with Crippen LogP contribution in [0.3, 0.4) is 0 Å². The largest absolute Gasteiger partial charge is 0.418 e. The summed E-state index contributed by atoms with van der Waals surface area (Å²) in [6, 6.07) is 3.58. The molecule has 1 aromatic heterocycles. The molecule has 0 bridgehead atoms. The summed E-state index contributed by atoms with van der Waals surface area (Å²) in [5.41, 5.74) is 14.4. The third kappa shape index (κ3) is 5.25. The monoisotopic (exact) mass is 509 g/mol. The predicted molar refractivity (Wildman–Crippen MR) is 132 cm³/mol. The van der Waals surface area contributed by atoms with E-state index in [1.54, 1.807) is 17.8 Å². The summed E-state index contributed by atoms with van der Waals surface area (Å²) in [4.78, 5) is 8.73. The molecule has 0 aliphatic heterocycles. The quantitative estimate of drug-likeness (QED) is 0.402. The van der Waals surface area contributed by atoms with E-state index in [9.17, 15) is 13.2 Å². The van der Waals surface area contributed by atoms with Gasteiger partial charge in [-0.05, 0) is 61.1 Å². The van der Waals surface area contributed by atoms with E-state index in [0.717, 1.165) is 31.0 Å². The van der Waals surface area contributed by atoms with Crippen molar-refractivity contribution in [2.45, 2.75) is 38.4 Å². The fourth-order valence-electron chi connectivity index (χ4n) is 5.11. The number of halogens is 4. The van der Waals surface area contributed by atoms with Gasteiger partial charge in [0.15, 0.2) is 0 Å². The predicted octanol–water partition coefficient (Wildman–Crippen LogP) is 5.96. The second kappa shape index (κ2) is 10.00. The van der Waals surface area contributed by atoms with E-state index >= 15 is 0 Å². The van der Waals surface area contributed by atoms with Gasteiger partial charge in [0.25, 0.3) is 0 Å². The maximum Gasteiger partial charge on any atom is 0.418 e. The standard InChI is InChI=1S/C24H27ClF3N5S/c1-2-15-17(8-13-7-16(13)23(15)31-10-19(30)22-11-34-12-32-22)20(5-6-29)33-21-9-14(25)3-4-18(21)24(26,27)28/h3-6,9-13,15-17,23,31H,2,7-8,29-30H2,1H3/b6-5?,19-10-,33-20?. The van der Waals surface area contributed by atoms with Gasteiger partial charge in [-0.15, -0.1) is 11.3 Å². The first kappa shape index (κ1) is 24.6. The summed E-state index contributed by atoms with van der Waals surface area (Å²) in [5, 5.41) is 5.58. The Morgan fingerprint density at radius 3 is 2.79 bits per heavy atom. The topological polar surface area (TPSA) is 89.3 Å². The number of hydrogen-bond acceptors (Lipinski definition) is 6. The smallest absolute Gasteiger partial charge is 0.405 e. The molecule has 10 heteroatoms. The lowest BCUT2D eigenvalue weighted by molar-refractivity contribution is -0.137. The van der Waals surface area contributed by atoms with E-state index in [-0.39, 0.29) is 28.6 Å². The zero-order valence-electron chi connectivity index (χ0n) is 18.6. The van der Waals surface area contributed by atoms with Crippen molar-refractivity contribution >= 4 is 40.0 Å². The number of aliphatic imine (C=N–C) groups is 1. The fourth-order valence-corrected chi connectivity index (χ4v) is 5.84. The van der Waals surface area contributed by atoms with Crippen molar-refractivity contribution in [2.75, 3.05) is 0 Å². The van der Waals surface area contributed by atoms with Crippen molar-refractivity contribution in [3.05, 3.63) is 63.8 Å². The lowest BCUT2D eigenvalue weighted by atomic mass is 9.72. The summed E-state index contributed by atoms with van der Waals surface area (Å²) >= 11 is 7.50. The Balaban J connectivity index is 1.67. The van der Waals surface area contributed by atoms with E-state index in [1.807, 2.05) is 5.38 Å². The molecule has 5 nitrogen and oxygen atoms in total. The van der Waals surface area contributed by atoms with Crippen LogP contribution in [0.15, 0.2) is 52.6 Å². The molecule has 1 heterocycles. The summed E-state index contributed by atoms with van der Waals surface area (Å²) in [6.07, 6.45) is 2.97. The number of fused-ring (bicyclic) bond motifs is 1. The zero-order valence-corrected chi connectivity index (χ0v) is 20.2. The first-order valence-corrected chi connectivity index (χ1v) is 12.5. The highest BCUT2D eigenvalue weighted by molar-refractivity contribution is 7.07. The summed E-state index contributed by atoms with van der Waals surface area (Å²) < 4.78 is 40.9. The van der Waals surface area contributed by atoms with Crippen LogP contribution >= 0.6 is 22.9 Å². The number of benzene rings is 1. The van der Waals surface area contributed by atoms with Crippen LogP contribution in [0.4, 0.5) is 18.9 Å². The molecule has 5 N–H and O–H groups in total. The van der Waals surface area contributed by atoms with Crippen molar-refractivity contribution in [1.29, 1.82) is 0 Å². The van der Waals surface area contributed by atoms with Crippen molar-refractivity contribution in [3.63, 3.8) is 0 Å². The van der Waals surface area contributed by atoms with Crippen molar-refractivity contribution in [1.82, 2.24) is 10.3 Å². The van der Waals surface area contributed by atoms with Gasteiger partial charge in [0.05, 0.1) is 28.2 Å². The van der Waals surface area contributed by atoms with Gasteiger partial charge in [0, 0.05) is 34.3 Å². The first-order chi connectivity index (χ1) is 16.2. The maximum absolute atomic E-state index is 13.6. The highest BCUT2D eigenvalue weighted by Crippen LogP contribution is 2.55. The van der Waals surface area contributed by atoms with Crippen LogP contribution < -0.4 is 16.8 Å². The van der Waals surface area contributed by atoms with Crippen LogP contribution in [0.25, 0.3) is 5.70 Å². The van der Waals surface area contributed by atoms with Crippen LogP contribution in [-0.4, -0.2) is 16.7 Å². The van der Waals surface area contributed by atoms with Crippen molar-refractivity contribution < 1.29 is 13.2 Å². The fraction of sp³-hybridized carbons (Fsp3) is 0.417. The molecule has 0 amide bonds. The van der Waals surface area contributed by atoms with Crippen LogP contribution in [0.1, 0.15) is 37.4 Å². The van der Waals surface area contributed by atoms with Gasteiger partial charge in [-0.25, -0.2) is 4.98 Å². The Bertz CT molecular complexity index is 1100. The van der Waals surface area contributed by atoms with Gasteiger partial charge < -0.3 is 16.8 Å². The summed E-state index contributed by atoms with van der Waals surface area (Å²) in [7, 11) is 0. The number of allylic oxidation sites excluding steroid dienone is 1. The Labute approximate surface area is 205 Å². The summed E-state index contributed by atoms with van der Waals surface area (Å²) in [6.45, 7) is 2.09. The molecular weight excluding hydrogens is 483 g/mol. The Morgan fingerprint density at radius 1 is 1.35 bits per heavy atom. The minimum atomic E-state index is -4.54. The van der Waals surface area contributed by atoms with Crippen LogP contribution in [0, 0.1) is 23.7 Å². The van der Waals surface area contributed by atoms with E-state index in [2.05, 4.69) is 22.2 Å². The second-order valence-electron chi connectivity index (χ2n) is 8.79. The maximum atomic E-state index is 13.6. The molecule has 1 aromatic carbocycles. The highest BCUT2D eigenvalue weighted by atomic mass is 35.5. The van der Waals surface area contributed by atoms with Gasteiger partial charge in [0.1, 0.15) is 0 Å². The van der Waals surface area contributed by atoms with Gasteiger partial charge in [0.2, 0.25) is 0 Å². The van der Waals surface area contributed by atoms with E-state index in [4.69, 9.17) is 23.1 Å². The Morgan fingerprint density at radius 2 is 2.15 bits per heavy atom. The number of thiazole rings is 1. The highest BCUT2D eigenvalue weighted by Gasteiger charge is 2.53. The zero-order chi connectivity index (χ0) is 24.5. The average Bonchev–Trinajstić information content (AvgIpc) is 3.35. The number of alkyl halides is 3. The van der Waals surface area contributed by atoms with Gasteiger partial charge in [-0.3, -0.25) is 4.99 Å². The molecule has 2 aliphatic carbocycles. The van der Waals surface area contributed by atoms with Gasteiger partial charge >= 0.3 is 6.18 Å². The summed E-state index contributed by atoms with van der Waals surface area (Å²) in [5.74, 6) is 1.07. The lowest BCUT2D eigenvalue weighted by Gasteiger charge is -2.38. The second-order valence-corrected chi connectivity index (χ2v) is 9.95. The lowest BCUT2D eigenvalue weighted by Crippen LogP contribution is -2.44. The number of nitrogens with zero attached hydrogens (tertiary/aromatic N) is 2. The van der Waals surface area contributed by atoms with E-state index in [1.165, 1.54) is 29.7 Å². The van der Waals surface area contributed by atoms with Crippen molar-refractivity contribution in [3.8, 4) is 0 Å². The third-order valence-corrected chi connectivity index (χ3v) is 7.59. The number of nitrogens with one attached hydrogen (secondary N) is 1. The molecule has 5 atom stereocenters. The number of aromatic nitrogens is 1.